The lowest BCUT2D eigenvalue weighted by Crippen LogP contribution is -1.65. The predicted molar refractivity (Wildman–Crippen MR) is 56.0 cm³/mol. The zero-order chi connectivity index (χ0) is 8.12. The van der Waals surface area contributed by atoms with Gasteiger partial charge in [0.15, 0.2) is 0 Å². The SMILES string of the molecule is BrCBr.CCBr.C[B]O. The molecule has 1 nitrogen and oxygen atoms in total. The van der Waals surface area contributed by atoms with E-state index in [4.69, 9.17) is 5.02 Å². The van der Waals surface area contributed by atoms with Crippen LogP contribution in [0.25, 0.3) is 0 Å². The molecule has 57 valence electrons. The van der Waals surface area contributed by atoms with Crippen molar-refractivity contribution in [2.24, 2.45) is 0 Å². The summed E-state index contributed by atoms with van der Waals surface area (Å²) < 4.78 is 0.875. The molecule has 1 N–H and O–H groups in total. The van der Waals surface area contributed by atoms with Crippen molar-refractivity contribution in [3.63, 3.8) is 0 Å². The Morgan fingerprint density at radius 2 is 1.33 bits per heavy atom. The van der Waals surface area contributed by atoms with E-state index in [0.717, 1.165) is 17.1 Å². The fourth-order valence-corrected chi connectivity index (χ4v) is 0. The van der Waals surface area contributed by atoms with Crippen LogP contribution < -0.4 is 0 Å². The summed E-state index contributed by atoms with van der Waals surface area (Å²) in [5.41, 5.74) is 0. The van der Waals surface area contributed by atoms with Gasteiger partial charge in [-0.15, -0.1) is 0 Å². The standard InChI is InChI=1S/C2H5Br.CH4BO.CH2Br2/c2*1-2-3;2-1-3/h2H2,1H3;3H,1H3;1H2. The maximum Gasteiger partial charge on any atom is 0.283 e. The van der Waals surface area contributed by atoms with Crippen LogP contribution in [0.15, 0.2) is 0 Å². The van der Waals surface area contributed by atoms with Crippen LogP contribution in [-0.4, -0.2) is 22.1 Å². The second-order valence-electron chi connectivity index (χ2n) is 0.626. The Hall–Kier alpha value is 1.46. The van der Waals surface area contributed by atoms with Crippen LogP contribution in [0.3, 0.4) is 0 Å². The van der Waals surface area contributed by atoms with Gasteiger partial charge in [-0.05, 0) is 0 Å². The van der Waals surface area contributed by atoms with Crippen LogP contribution >= 0.6 is 47.8 Å². The molecule has 0 aliphatic carbocycles. The van der Waals surface area contributed by atoms with Gasteiger partial charge in [0.25, 0.3) is 7.48 Å². The maximum absolute atomic E-state index is 7.44. The molecule has 0 spiro atoms. The molecule has 0 bridgehead atoms. The van der Waals surface area contributed by atoms with Crippen molar-refractivity contribution in [2.45, 2.75) is 13.7 Å². The van der Waals surface area contributed by atoms with E-state index in [2.05, 4.69) is 47.8 Å². The lowest BCUT2D eigenvalue weighted by atomic mass is 10.1. The largest absolute Gasteiger partial charge is 0.455 e. The third-order valence-electron chi connectivity index (χ3n) is 0. The van der Waals surface area contributed by atoms with E-state index in [1.165, 1.54) is 0 Å². The van der Waals surface area contributed by atoms with Crippen molar-refractivity contribution >= 4 is 55.3 Å². The van der Waals surface area contributed by atoms with Gasteiger partial charge in [-0.1, -0.05) is 61.5 Å². The molecule has 0 aliphatic heterocycles. The smallest absolute Gasteiger partial charge is 0.283 e. The summed E-state index contributed by atoms with van der Waals surface area (Å²) in [5.74, 6) is 0. The van der Waals surface area contributed by atoms with Crippen molar-refractivity contribution < 1.29 is 5.02 Å². The predicted octanol–water partition coefficient (Wildman–Crippen LogP) is 2.78. The highest BCUT2D eigenvalue weighted by molar-refractivity contribution is 9.24. The Kier molecular flexibility index (Phi) is 63.6. The average Bonchev–Trinajstić information content (AvgIpc) is 1.70. The van der Waals surface area contributed by atoms with Crippen molar-refractivity contribution in [3.05, 3.63) is 0 Å². The lowest BCUT2D eigenvalue weighted by Gasteiger charge is -1.45. The lowest BCUT2D eigenvalue weighted by molar-refractivity contribution is 0.610. The minimum atomic E-state index is 0.875. The third kappa shape index (κ3) is 246. The molecule has 0 saturated carbocycles. The molecule has 0 unspecified atom stereocenters. The van der Waals surface area contributed by atoms with Gasteiger partial charge in [0.1, 0.15) is 0 Å². The van der Waals surface area contributed by atoms with Crippen molar-refractivity contribution in [3.8, 4) is 0 Å². The highest BCUT2D eigenvalue weighted by Gasteiger charge is 1.46. The molecular formula is C4H11BBr3O. The highest BCUT2D eigenvalue weighted by Crippen LogP contribution is 1.83. The van der Waals surface area contributed by atoms with Gasteiger partial charge in [-0.3, -0.25) is 0 Å². The zero-order valence-electron chi connectivity index (χ0n) is 5.57. The number of hydrogen-bond acceptors (Lipinski definition) is 1. The van der Waals surface area contributed by atoms with Crippen LogP contribution in [0.5, 0.6) is 0 Å². The summed E-state index contributed by atoms with van der Waals surface area (Å²) in [4.78, 5) is 0. The minimum Gasteiger partial charge on any atom is -0.455 e. The van der Waals surface area contributed by atoms with E-state index < -0.39 is 0 Å². The maximum atomic E-state index is 7.44. The molecule has 9 heavy (non-hydrogen) atoms. The Labute approximate surface area is 83.3 Å². The molecule has 0 aromatic heterocycles. The van der Waals surface area contributed by atoms with E-state index >= 15 is 0 Å². The summed E-state index contributed by atoms with van der Waals surface area (Å²) in [6.07, 6.45) is 0. The molecule has 0 heterocycles. The first-order valence-corrected chi connectivity index (χ1v) is 5.71. The fourth-order valence-electron chi connectivity index (χ4n) is 0. The molecule has 0 atom stereocenters. The molecule has 5 heteroatoms. The second-order valence-corrected chi connectivity index (χ2v) is 4.37. The van der Waals surface area contributed by atoms with Gasteiger partial charge in [-0.2, -0.15) is 0 Å². The van der Waals surface area contributed by atoms with Crippen LogP contribution in [0.2, 0.25) is 6.82 Å². The van der Waals surface area contributed by atoms with Gasteiger partial charge in [0.05, 0.1) is 4.24 Å². The van der Waals surface area contributed by atoms with Crippen molar-refractivity contribution in [1.29, 1.82) is 0 Å². The first kappa shape index (κ1) is 16.8. The molecule has 0 saturated heterocycles. The van der Waals surface area contributed by atoms with Gasteiger partial charge in [-0.25, -0.2) is 0 Å². The summed E-state index contributed by atoms with van der Waals surface area (Å²) in [6.45, 7) is 3.60. The Balaban J connectivity index is -0.0000000600. The van der Waals surface area contributed by atoms with E-state index in [9.17, 15) is 0 Å². The molecule has 1 radical (unpaired) electrons. The number of rotatable bonds is 0. The topological polar surface area (TPSA) is 20.2 Å². The van der Waals surface area contributed by atoms with Crippen LogP contribution in [0.4, 0.5) is 0 Å². The summed E-state index contributed by atoms with van der Waals surface area (Å²) in [7, 11) is 1.00. The first-order valence-electron chi connectivity index (χ1n) is 2.34. The van der Waals surface area contributed by atoms with Gasteiger partial charge in [0.2, 0.25) is 0 Å². The van der Waals surface area contributed by atoms with Gasteiger partial charge < -0.3 is 5.02 Å². The van der Waals surface area contributed by atoms with Gasteiger partial charge >= 0.3 is 0 Å². The molecular weight excluding hydrogens is 315 g/mol. The normalized spacial score (nSPS) is 5.56. The minimum absolute atomic E-state index is 0.875. The van der Waals surface area contributed by atoms with Gasteiger partial charge in [0, 0.05) is 5.33 Å². The Morgan fingerprint density at radius 1 is 1.33 bits per heavy atom. The Bertz CT molecular complexity index is 20.5. The monoisotopic (exact) mass is 323 g/mol. The molecule has 0 fully saturated rings. The summed E-state index contributed by atoms with van der Waals surface area (Å²) in [6, 6.07) is 0. The quantitative estimate of drug-likeness (QED) is 0.536. The summed E-state index contributed by atoms with van der Waals surface area (Å²) in [5, 5.41) is 8.51. The summed E-state index contributed by atoms with van der Waals surface area (Å²) >= 11 is 9.27. The van der Waals surface area contributed by atoms with E-state index in [1.54, 1.807) is 6.82 Å². The molecule has 0 aliphatic rings. The Morgan fingerprint density at radius 3 is 1.33 bits per heavy atom. The third-order valence-corrected chi connectivity index (χ3v) is 0. The molecule has 0 amide bonds. The van der Waals surface area contributed by atoms with E-state index in [-0.39, 0.29) is 0 Å². The second kappa shape index (κ2) is 34.0. The molecule has 0 aromatic carbocycles. The fraction of sp³-hybridized carbons (Fsp3) is 1.00. The van der Waals surface area contributed by atoms with Crippen LogP contribution in [0.1, 0.15) is 6.92 Å². The number of hydrogen-bond donors (Lipinski definition) is 1. The highest BCUT2D eigenvalue weighted by atomic mass is 79.9. The molecule has 0 rings (SSSR count). The van der Waals surface area contributed by atoms with Crippen LogP contribution in [0, 0.1) is 0 Å². The first-order chi connectivity index (χ1) is 4.24. The van der Waals surface area contributed by atoms with Crippen molar-refractivity contribution in [2.75, 3.05) is 9.57 Å². The number of halogens is 3. The van der Waals surface area contributed by atoms with E-state index in [0.29, 0.717) is 0 Å². The van der Waals surface area contributed by atoms with Crippen LogP contribution in [-0.2, 0) is 0 Å². The van der Waals surface area contributed by atoms with E-state index in [1.807, 2.05) is 6.92 Å². The molecule has 0 aromatic rings. The number of alkyl halides is 3. The zero-order valence-corrected chi connectivity index (χ0v) is 10.3. The van der Waals surface area contributed by atoms with Crippen molar-refractivity contribution in [1.82, 2.24) is 0 Å². The average molecular weight is 326 g/mol.